The van der Waals surface area contributed by atoms with Crippen molar-refractivity contribution in [1.82, 2.24) is 37.3 Å². The van der Waals surface area contributed by atoms with Crippen molar-refractivity contribution in [3.8, 4) is 39.1 Å². The van der Waals surface area contributed by atoms with Crippen LogP contribution in [0.5, 0.6) is 0 Å². The van der Waals surface area contributed by atoms with Gasteiger partial charge in [-0.25, -0.2) is 15.0 Å². The zero-order chi connectivity index (χ0) is 39.9. The Morgan fingerprint density at radius 3 is 1.57 bits per heavy atom. The molecule has 0 aliphatic rings. The highest BCUT2D eigenvalue weighted by atomic mass is 32.1. The average Bonchev–Trinajstić information content (AvgIpc) is 4.15. The molecule has 0 N–H and O–H groups in total. The Hall–Kier alpha value is -8.01. The lowest BCUT2D eigenvalue weighted by Crippen LogP contribution is -1.95. The molecule has 14 rings (SSSR count). The van der Waals surface area contributed by atoms with Gasteiger partial charge < -0.3 is 4.57 Å². The van der Waals surface area contributed by atoms with Crippen molar-refractivity contribution in [1.29, 1.82) is 0 Å². The standard InChI is InChI=1S/C52H32N8S/c1-56-44-24-21-35(28-47(44)58-41-14-5-2-11-38(41)53-50(56)58)32-19-17-31(18-20-32)33-9-8-10-34(27-33)36-22-25-45-48(29-36)59-42-15-6-3-12-39(42)54-51(59)57(45)37-23-26-46-49(30-37)61-52-55-40-13-4-7-16-43(40)60(46)52/h2-30H,1H3. The highest BCUT2D eigenvalue weighted by Gasteiger charge is 2.20. The smallest absolute Gasteiger partial charge is 0.220 e. The maximum atomic E-state index is 5.21. The van der Waals surface area contributed by atoms with Crippen LogP contribution < -0.4 is 0 Å². The topological polar surface area (TPSA) is 61.8 Å². The molecule has 286 valence electrons. The zero-order valence-corrected chi connectivity index (χ0v) is 33.5. The summed E-state index contributed by atoms with van der Waals surface area (Å²) in [4.78, 5) is 16.1. The predicted octanol–water partition coefficient (Wildman–Crippen LogP) is 12.7. The summed E-state index contributed by atoms with van der Waals surface area (Å²) in [6.07, 6.45) is 0. The molecule has 0 atom stereocenters. The number of aromatic nitrogens is 8. The van der Waals surface area contributed by atoms with Crippen LogP contribution >= 0.6 is 11.3 Å². The Bertz CT molecular complexity index is 4130. The molecule has 0 radical (unpaired) electrons. The minimum Gasteiger partial charge on any atom is -0.313 e. The van der Waals surface area contributed by atoms with Crippen molar-refractivity contribution in [2.75, 3.05) is 0 Å². The first-order chi connectivity index (χ1) is 30.1. The molecule has 0 aliphatic carbocycles. The second-order valence-corrected chi connectivity index (χ2v) is 16.9. The number of aryl methyl sites for hydroxylation is 1. The summed E-state index contributed by atoms with van der Waals surface area (Å²) in [6, 6.07) is 63.2. The summed E-state index contributed by atoms with van der Waals surface area (Å²) in [6.45, 7) is 0. The molecule has 0 spiro atoms. The first-order valence-electron chi connectivity index (χ1n) is 20.4. The Kier molecular flexibility index (Phi) is 6.49. The van der Waals surface area contributed by atoms with E-state index in [1.807, 2.05) is 12.1 Å². The number of thiazole rings is 1. The Morgan fingerprint density at radius 1 is 0.361 bits per heavy atom. The van der Waals surface area contributed by atoms with Gasteiger partial charge in [-0.2, -0.15) is 0 Å². The van der Waals surface area contributed by atoms with Crippen LogP contribution in [-0.4, -0.2) is 37.3 Å². The van der Waals surface area contributed by atoms with E-state index in [-0.39, 0.29) is 0 Å². The number of hydrogen-bond acceptors (Lipinski definition) is 4. The summed E-state index contributed by atoms with van der Waals surface area (Å²) in [5.41, 5.74) is 20.1. The number of fused-ring (bicyclic) bond motifs is 15. The maximum absolute atomic E-state index is 5.21. The van der Waals surface area contributed by atoms with Crippen LogP contribution in [0, 0.1) is 0 Å². The van der Waals surface area contributed by atoms with Gasteiger partial charge in [0.15, 0.2) is 4.96 Å². The fraction of sp³-hybridized carbons (Fsp3) is 0.0192. The van der Waals surface area contributed by atoms with E-state index in [0.717, 1.165) is 94.0 Å². The molecule has 0 amide bonds. The maximum Gasteiger partial charge on any atom is 0.220 e. The van der Waals surface area contributed by atoms with Gasteiger partial charge in [-0.3, -0.25) is 17.8 Å². The largest absolute Gasteiger partial charge is 0.313 e. The van der Waals surface area contributed by atoms with E-state index in [4.69, 9.17) is 15.0 Å². The summed E-state index contributed by atoms with van der Waals surface area (Å²) in [5, 5.41) is 0. The van der Waals surface area contributed by atoms with Gasteiger partial charge in [0.05, 0.1) is 71.1 Å². The second kappa shape index (κ2) is 12.0. The van der Waals surface area contributed by atoms with Crippen LogP contribution in [0.1, 0.15) is 0 Å². The molecule has 61 heavy (non-hydrogen) atoms. The van der Waals surface area contributed by atoms with Crippen LogP contribution in [0.25, 0.3) is 121 Å². The van der Waals surface area contributed by atoms with Crippen LogP contribution in [0.3, 0.4) is 0 Å². The number of hydrogen-bond donors (Lipinski definition) is 0. The molecule has 6 heterocycles. The third-order valence-corrected chi connectivity index (χ3v) is 13.5. The molecule has 8 nitrogen and oxygen atoms in total. The van der Waals surface area contributed by atoms with Crippen molar-refractivity contribution >= 4 is 93.2 Å². The highest BCUT2D eigenvalue weighted by Crippen LogP contribution is 2.37. The van der Waals surface area contributed by atoms with Crippen molar-refractivity contribution in [2.45, 2.75) is 0 Å². The fourth-order valence-corrected chi connectivity index (χ4v) is 10.7. The van der Waals surface area contributed by atoms with E-state index >= 15 is 0 Å². The van der Waals surface area contributed by atoms with Crippen molar-refractivity contribution in [3.63, 3.8) is 0 Å². The van der Waals surface area contributed by atoms with Gasteiger partial charge in [-0.15, -0.1) is 0 Å². The summed E-state index contributed by atoms with van der Waals surface area (Å²) < 4.78 is 12.5. The molecular weight excluding hydrogens is 769 g/mol. The van der Waals surface area contributed by atoms with Gasteiger partial charge in [-0.1, -0.05) is 102 Å². The van der Waals surface area contributed by atoms with E-state index in [9.17, 15) is 0 Å². The SMILES string of the molecule is Cn1c2ccc(-c3ccc(-c4cccc(-c5ccc6c(c5)n5c7ccccc7nc5n6-c5ccc6c(c5)sc5nc7ccccc7n56)c4)cc3)cc2n2c3ccccc3nc12. The number of nitrogens with zero attached hydrogens (tertiary/aromatic N) is 8. The highest BCUT2D eigenvalue weighted by molar-refractivity contribution is 7.23. The molecule has 0 saturated carbocycles. The number of para-hydroxylation sites is 6. The van der Waals surface area contributed by atoms with Gasteiger partial charge in [0.1, 0.15) is 0 Å². The number of rotatable bonds is 4. The van der Waals surface area contributed by atoms with Gasteiger partial charge in [0.2, 0.25) is 11.6 Å². The van der Waals surface area contributed by atoms with Crippen LogP contribution in [0.15, 0.2) is 176 Å². The predicted molar refractivity (Wildman–Crippen MR) is 250 cm³/mol. The lowest BCUT2D eigenvalue weighted by molar-refractivity contribution is 0.974. The lowest BCUT2D eigenvalue weighted by atomic mass is 9.97. The van der Waals surface area contributed by atoms with Crippen molar-refractivity contribution in [3.05, 3.63) is 176 Å². The van der Waals surface area contributed by atoms with Crippen molar-refractivity contribution < 1.29 is 0 Å². The van der Waals surface area contributed by atoms with E-state index < -0.39 is 0 Å². The zero-order valence-electron chi connectivity index (χ0n) is 32.7. The summed E-state index contributed by atoms with van der Waals surface area (Å²) >= 11 is 1.72. The third kappa shape index (κ3) is 4.60. The van der Waals surface area contributed by atoms with E-state index in [1.165, 1.54) is 27.0 Å². The third-order valence-electron chi connectivity index (χ3n) is 12.5. The molecule has 8 aromatic carbocycles. The minimum absolute atomic E-state index is 0.891. The van der Waals surface area contributed by atoms with E-state index in [1.54, 1.807) is 11.3 Å². The Labute approximate surface area is 351 Å². The van der Waals surface area contributed by atoms with E-state index in [0.29, 0.717) is 0 Å². The summed E-state index contributed by atoms with van der Waals surface area (Å²) in [5.74, 6) is 1.84. The van der Waals surface area contributed by atoms with Crippen LogP contribution in [-0.2, 0) is 7.05 Å². The second-order valence-electron chi connectivity index (χ2n) is 15.9. The number of imidazole rings is 5. The first-order valence-corrected chi connectivity index (χ1v) is 21.2. The van der Waals surface area contributed by atoms with Crippen molar-refractivity contribution in [2.24, 2.45) is 7.05 Å². The molecule has 0 unspecified atom stereocenters. The van der Waals surface area contributed by atoms with Crippen LogP contribution in [0.4, 0.5) is 0 Å². The summed E-state index contributed by atoms with van der Waals surface area (Å²) in [7, 11) is 2.09. The van der Waals surface area contributed by atoms with Crippen LogP contribution in [0.2, 0.25) is 0 Å². The normalized spacial score (nSPS) is 12.3. The molecule has 0 bridgehead atoms. The van der Waals surface area contributed by atoms with Gasteiger partial charge >= 0.3 is 0 Å². The molecule has 9 heteroatoms. The van der Waals surface area contributed by atoms with Gasteiger partial charge in [0, 0.05) is 7.05 Å². The minimum atomic E-state index is 0.891. The van der Waals surface area contributed by atoms with E-state index in [2.05, 4.69) is 193 Å². The van der Waals surface area contributed by atoms with Gasteiger partial charge in [0.25, 0.3) is 0 Å². The molecular formula is C52H32N8S. The molecule has 0 saturated heterocycles. The number of benzene rings is 8. The molecule has 0 aliphatic heterocycles. The molecule has 14 aromatic rings. The quantitative estimate of drug-likeness (QED) is 0.178. The lowest BCUT2D eigenvalue weighted by Gasteiger charge is -2.09. The first kappa shape index (κ1) is 32.9. The molecule has 6 aromatic heterocycles. The monoisotopic (exact) mass is 800 g/mol. The Balaban J connectivity index is 0.852. The fourth-order valence-electron chi connectivity index (χ4n) is 9.63. The Morgan fingerprint density at radius 2 is 0.869 bits per heavy atom. The van der Waals surface area contributed by atoms with Gasteiger partial charge in [-0.05, 0) is 118 Å². The average molecular weight is 801 g/mol. The molecule has 0 fully saturated rings.